The van der Waals surface area contributed by atoms with Crippen molar-refractivity contribution in [3.63, 3.8) is 0 Å². The van der Waals surface area contributed by atoms with Crippen molar-refractivity contribution in [1.29, 1.82) is 0 Å². The fourth-order valence-electron chi connectivity index (χ4n) is 2.53. The van der Waals surface area contributed by atoms with Gasteiger partial charge in [0, 0.05) is 25.5 Å². The number of aromatic amines is 1. The topological polar surface area (TPSA) is 65.2 Å². The molecular formula is C13H23N3O2S. The van der Waals surface area contributed by atoms with Gasteiger partial charge in [-0.2, -0.15) is 4.31 Å². The predicted octanol–water partition coefficient (Wildman–Crippen LogP) is 1.41. The van der Waals surface area contributed by atoms with Crippen LogP contribution in [-0.4, -0.2) is 43.9 Å². The summed E-state index contributed by atoms with van der Waals surface area (Å²) in [7, 11) is -3.34. The molecule has 1 aromatic rings. The van der Waals surface area contributed by atoms with Gasteiger partial charge in [0.2, 0.25) is 10.0 Å². The molecule has 1 fully saturated rings. The van der Waals surface area contributed by atoms with Crippen LogP contribution in [0, 0.1) is 5.92 Å². The lowest BCUT2D eigenvalue weighted by molar-refractivity contribution is 0.288. The normalized spacial score (nSPS) is 18.0. The Kier molecular flexibility index (Phi) is 5.01. The van der Waals surface area contributed by atoms with Crippen LogP contribution in [0.25, 0.3) is 0 Å². The van der Waals surface area contributed by atoms with Crippen LogP contribution in [0.2, 0.25) is 0 Å². The lowest BCUT2D eigenvalue weighted by atomic mass is 9.98. The average molecular weight is 285 g/mol. The first-order valence-electron chi connectivity index (χ1n) is 6.98. The van der Waals surface area contributed by atoms with Crippen molar-refractivity contribution in [2.75, 3.05) is 26.2 Å². The second kappa shape index (κ2) is 6.54. The van der Waals surface area contributed by atoms with Crippen LogP contribution in [0.5, 0.6) is 0 Å². The summed E-state index contributed by atoms with van der Waals surface area (Å²) < 4.78 is 26.7. The zero-order valence-corrected chi connectivity index (χ0v) is 12.2. The molecule has 1 aromatic heterocycles. The average Bonchev–Trinajstić information content (AvgIpc) is 2.94. The van der Waals surface area contributed by atoms with Gasteiger partial charge < -0.3 is 10.3 Å². The fraction of sp³-hybridized carbons (Fsp3) is 0.692. The van der Waals surface area contributed by atoms with Gasteiger partial charge >= 0.3 is 0 Å². The van der Waals surface area contributed by atoms with Crippen LogP contribution >= 0.6 is 0 Å². The molecule has 2 N–H and O–H groups in total. The SMILES string of the molecule is CCCN(CC1CCNCC1)S(=O)(=O)c1cc[nH]c1. The van der Waals surface area contributed by atoms with Crippen molar-refractivity contribution in [2.24, 2.45) is 5.92 Å². The van der Waals surface area contributed by atoms with E-state index in [-0.39, 0.29) is 0 Å². The third-order valence-electron chi connectivity index (χ3n) is 3.60. The van der Waals surface area contributed by atoms with Crippen molar-refractivity contribution in [2.45, 2.75) is 31.1 Å². The molecule has 1 aliphatic heterocycles. The van der Waals surface area contributed by atoms with Gasteiger partial charge in [0.15, 0.2) is 0 Å². The lowest BCUT2D eigenvalue weighted by Gasteiger charge is -2.29. The van der Waals surface area contributed by atoms with Crippen LogP contribution in [0.3, 0.4) is 0 Å². The first-order valence-corrected chi connectivity index (χ1v) is 8.42. The maximum absolute atomic E-state index is 12.5. The molecule has 0 bridgehead atoms. The minimum atomic E-state index is -3.34. The first-order chi connectivity index (χ1) is 9.14. The highest BCUT2D eigenvalue weighted by molar-refractivity contribution is 7.89. The maximum Gasteiger partial charge on any atom is 0.244 e. The molecule has 1 aliphatic rings. The van der Waals surface area contributed by atoms with Crippen molar-refractivity contribution in [1.82, 2.24) is 14.6 Å². The van der Waals surface area contributed by atoms with Gasteiger partial charge in [-0.15, -0.1) is 0 Å². The molecule has 0 saturated carbocycles. The summed E-state index contributed by atoms with van der Waals surface area (Å²) in [5.41, 5.74) is 0. The smallest absolute Gasteiger partial charge is 0.244 e. The van der Waals surface area contributed by atoms with Crippen LogP contribution in [0.1, 0.15) is 26.2 Å². The van der Waals surface area contributed by atoms with Gasteiger partial charge in [-0.25, -0.2) is 8.42 Å². The second-order valence-corrected chi connectivity index (χ2v) is 7.04. The molecule has 0 amide bonds. The Morgan fingerprint density at radius 1 is 1.37 bits per heavy atom. The van der Waals surface area contributed by atoms with E-state index in [1.54, 1.807) is 22.8 Å². The Bertz CT molecular complexity index is 464. The van der Waals surface area contributed by atoms with Crippen molar-refractivity contribution >= 4 is 10.0 Å². The Hall–Kier alpha value is -0.850. The Labute approximate surface area is 115 Å². The largest absolute Gasteiger partial charge is 0.366 e. The van der Waals surface area contributed by atoms with Crippen molar-refractivity contribution < 1.29 is 8.42 Å². The third-order valence-corrected chi connectivity index (χ3v) is 5.46. The summed E-state index contributed by atoms with van der Waals surface area (Å²) in [6.07, 6.45) is 6.17. The molecule has 2 heterocycles. The number of nitrogens with zero attached hydrogens (tertiary/aromatic N) is 1. The zero-order valence-electron chi connectivity index (χ0n) is 11.4. The van der Waals surface area contributed by atoms with Crippen molar-refractivity contribution in [3.05, 3.63) is 18.5 Å². The van der Waals surface area contributed by atoms with Crippen molar-refractivity contribution in [3.8, 4) is 0 Å². The highest BCUT2D eigenvalue weighted by Crippen LogP contribution is 2.20. The van der Waals surface area contributed by atoms with Crippen LogP contribution in [-0.2, 0) is 10.0 Å². The number of H-pyrrole nitrogens is 1. The molecule has 0 radical (unpaired) electrons. The number of hydrogen-bond donors (Lipinski definition) is 2. The number of aromatic nitrogens is 1. The summed E-state index contributed by atoms with van der Waals surface area (Å²) >= 11 is 0. The van der Waals surface area contributed by atoms with Crippen LogP contribution in [0.4, 0.5) is 0 Å². The summed E-state index contributed by atoms with van der Waals surface area (Å²) in [5.74, 6) is 0.474. The van der Waals surface area contributed by atoms with Gasteiger partial charge in [0.25, 0.3) is 0 Å². The highest BCUT2D eigenvalue weighted by Gasteiger charge is 2.27. The van der Waals surface area contributed by atoms with Gasteiger partial charge in [0.05, 0.1) is 4.90 Å². The number of nitrogens with one attached hydrogen (secondary N) is 2. The summed E-state index contributed by atoms with van der Waals surface area (Å²) in [5, 5.41) is 3.31. The number of hydrogen-bond acceptors (Lipinski definition) is 3. The van der Waals surface area contributed by atoms with Crippen LogP contribution in [0.15, 0.2) is 23.4 Å². The number of rotatable bonds is 6. The lowest BCUT2D eigenvalue weighted by Crippen LogP contribution is -2.39. The minimum absolute atomic E-state index is 0.370. The molecule has 108 valence electrons. The van der Waals surface area contributed by atoms with Gasteiger partial charge in [-0.3, -0.25) is 0 Å². The molecule has 0 atom stereocenters. The van der Waals surface area contributed by atoms with Crippen LogP contribution < -0.4 is 5.32 Å². The monoisotopic (exact) mass is 285 g/mol. The molecule has 2 rings (SSSR count). The summed E-state index contributed by atoms with van der Waals surface area (Å²) in [4.78, 5) is 3.19. The molecule has 0 unspecified atom stereocenters. The second-order valence-electron chi connectivity index (χ2n) is 5.10. The maximum atomic E-state index is 12.5. The van der Waals surface area contributed by atoms with E-state index in [1.807, 2.05) is 6.92 Å². The van der Waals surface area contributed by atoms with Gasteiger partial charge in [0.1, 0.15) is 0 Å². The molecule has 1 saturated heterocycles. The van der Waals surface area contributed by atoms with E-state index in [0.29, 0.717) is 23.9 Å². The quantitative estimate of drug-likeness (QED) is 0.830. The van der Waals surface area contributed by atoms with E-state index < -0.39 is 10.0 Å². The van der Waals surface area contributed by atoms with E-state index >= 15 is 0 Å². The molecule has 0 aliphatic carbocycles. The number of piperidine rings is 1. The van der Waals surface area contributed by atoms with E-state index in [0.717, 1.165) is 32.4 Å². The fourth-order valence-corrected chi connectivity index (χ4v) is 4.11. The Morgan fingerprint density at radius 2 is 2.11 bits per heavy atom. The molecular weight excluding hydrogens is 262 g/mol. The van der Waals surface area contributed by atoms with E-state index in [4.69, 9.17) is 0 Å². The summed E-state index contributed by atoms with van der Waals surface area (Å²) in [6.45, 7) is 5.24. The zero-order chi connectivity index (χ0) is 13.7. The minimum Gasteiger partial charge on any atom is -0.366 e. The molecule has 19 heavy (non-hydrogen) atoms. The Morgan fingerprint density at radius 3 is 2.68 bits per heavy atom. The third kappa shape index (κ3) is 3.58. The molecule has 0 aromatic carbocycles. The Balaban J connectivity index is 2.10. The summed E-state index contributed by atoms with van der Waals surface area (Å²) in [6, 6.07) is 1.63. The number of sulfonamides is 1. The predicted molar refractivity (Wildman–Crippen MR) is 75.4 cm³/mol. The molecule has 6 heteroatoms. The highest BCUT2D eigenvalue weighted by atomic mass is 32.2. The van der Waals surface area contributed by atoms with Gasteiger partial charge in [-0.05, 0) is 44.3 Å². The van der Waals surface area contributed by atoms with E-state index in [2.05, 4.69) is 10.3 Å². The van der Waals surface area contributed by atoms with Gasteiger partial charge in [-0.1, -0.05) is 6.92 Å². The standard InChI is InChI=1S/C13H23N3O2S/c1-2-9-16(11-12-3-6-14-7-4-12)19(17,18)13-5-8-15-10-13/h5,8,10,12,14-15H,2-4,6-7,9,11H2,1H3. The molecule has 0 spiro atoms. The van der Waals surface area contributed by atoms with E-state index in [1.165, 1.54) is 0 Å². The first kappa shape index (κ1) is 14.6. The molecule has 5 nitrogen and oxygen atoms in total. The van der Waals surface area contributed by atoms with E-state index in [9.17, 15) is 8.42 Å².